The van der Waals surface area contributed by atoms with Crippen molar-refractivity contribution >= 4 is 13.1 Å². The first-order valence-corrected chi connectivity index (χ1v) is 6.98. The highest BCUT2D eigenvalue weighted by Gasteiger charge is 2.53. The molecule has 0 saturated carbocycles. The van der Waals surface area contributed by atoms with Crippen LogP contribution in [0.25, 0.3) is 0 Å². The van der Waals surface area contributed by atoms with Crippen molar-refractivity contribution in [2.24, 2.45) is 5.73 Å². The Morgan fingerprint density at radius 3 is 2.24 bits per heavy atom. The van der Waals surface area contributed by atoms with E-state index in [1.54, 1.807) is 18.2 Å². The van der Waals surface area contributed by atoms with Gasteiger partial charge in [0.05, 0.1) is 29.8 Å². The summed E-state index contributed by atoms with van der Waals surface area (Å²) in [6.45, 7) is 7.86. The summed E-state index contributed by atoms with van der Waals surface area (Å²) in [5, 5.41) is 0. The molecule has 1 saturated heterocycles. The topological polar surface area (TPSA) is 70.8 Å². The molecule has 2 rings (SSSR count). The molecule has 6 heteroatoms. The van der Waals surface area contributed by atoms with E-state index in [1.165, 1.54) is 7.11 Å². The summed E-state index contributed by atoms with van der Waals surface area (Å²) in [6, 6.07) is 7.08. The van der Waals surface area contributed by atoms with Crippen molar-refractivity contribution in [1.29, 1.82) is 0 Å². The Kier molecular flexibility index (Phi) is 4.15. The largest absolute Gasteiger partial charge is 0.480 e. The summed E-state index contributed by atoms with van der Waals surface area (Å²) in [6.07, 6.45) is 0. The number of carbonyl (C=O) groups excluding carboxylic acids is 1. The maximum Gasteiger partial charge on any atom is 0.480 e. The number of rotatable bonds is 3. The molecule has 0 aromatic heterocycles. The van der Waals surface area contributed by atoms with Crippen molar-refractivity contribution in [2.45, 2.75) is 44.8 Å². The minimum atomic E-state index is -0.610. The number of carbonyl (C=O) groups is 1. The van der Waals surface area contributed by atoms with Gasteiger partial charge in [0.2, 0.25) is 0 Å². The Bertz CT molecular complexity index is 528. The molecule has 2 N–H and O–H groups in total. The van der Waals surface area contributed by atoms with Crippen LogP contribution in [0.5, 0.6) is 0 Å². The van der Waals surface area contributed by atoms with Crippen molar-refractivity contribution in [3.8, 4) is 0 Å². The van der Waals surface area contributed by atoms with E-state index in [0.29, 0.717) is 11.1 Å². The van der Waals surface area contributed by atoms with E-state index in [4.69, 9.17) is 19.8 Å². The molecular formula is C15H22BNO4. The molecule has 1 aliphatic heterocycles. The van der Waals surface area contributed by atoms with Gasteiger partial charge < -0.3 is 19.8 Å². The second-order valence-electron chi connectivity index (χ2n) is 6.23. The molecular weight excluding hydrogens is 269 g/mol. The zero-order valence-corrected chi connectivity index (χ0v) is 13.2. The highest BCUT2D eigenvalue weighted by atomic mass is 16.7. The average Bonchev–Trinajstić information content (AvgIpc) is 2.66. The summed E-state index contributed by atoms with van der Waals surface area (Å²) >= 11 is 0. The Balaban J connectivity index is 2.30. The molecule has 21 heavy (non-hydrogen) atoms. The summed E-state index contributed by atoms with van der Waals surface area (Å²) in [5.41, 5.74) is 6.44. The first-order valence-electron chi connectivity index (χ1n) is 6.98. The van der Waals surface area contributed by atoms with Gasteiger partial charge in [-0.15, -0.1) is 0 Å². The number of hydrogen-bond donors (Lipinski definition) is 1. The van der Waals surface area contributed by atoms with E-state index in [2.05, 4.69) is 0 Å². The molecule has 0 amide bonds. The smallest absolute Gasteiger partial charge is 0.465 e. The summed E-state index contributed by atoms with van der Waals surface area (Å²) in [5.74, 6) is -0.987. The van der Waals surface area contributed by atoms with Crippen molar-refractivity contribution in [1.82, 2.24) is 0 Å². The molecule has 114 valence electrons. The van der Waals surface area contributed by atoms with Crippen LogP contribution in [0.4, 0.5) is 0 Å². The van der Waals surface area contributed by atoms with Gasteiger partial charge in [-0.05, 0) is 39.3 Å². The highest BCUT2D eigenvalue weighted by Crippen LogP contribution is 2.39. The SMILES string of the molecule is COC(=O)c1ccccc1[C@H](N)B1OC(C)(C)C(C)(C)O1. The van der Waals surface area contributed by atoms with Crippen molar-refractivity contribution < 1.29 is 18.8 Å². The van der Waals surface area contributed by atoms with Crippen LogP contribution in [0.15, 0.2) is 24.3 Å². The Morgan fingerprint density at radius 2 is 1.71 bits per heavy atom. The third-order valence-corrected chi connectivity index (χ3v) is 4.29. The van der Waals surface area contributed by atoms with E-state index in [0.717, 1.165) is 0 Å². The number of hydrogen-bond acceptors (Lipinski definition) is 5. The van der Waals surface area contributed by atoms with Gasteiger partial charge in [-0.1, -0.05) is 18.2 Å². The fourth-order valence-corrected chi connectivity index (χ4v) is 2.27. The number of ether oxygens (including phenoxy) is 1. The first-order chi connectivity index (χ1) is 9.69. The molecule has 0 bridgehead atoms. The zero-order valence-electron chi connectivity index (χ0n) is 13.2. The number of benzene rings is 1. The van der Waals surface area contributed by atoms with Gasteiger partial charge in [0.25, 0.3) is 0 Å². The van der Waals surface area contributed by atoms with Gasteiger partial charge in [0.1, 0.15) is 0 Å². The molecule has 0 aliphatic carbocycles. The molecule has 0 unspecified atom stereocenters. The minimum Gasteiger partial charge on any atom is -0.465 e. The van der Waals surface area contributed by atoms with Crippen LogP contribution in [0.1, 0.15) is 49.6 Å². The number of methoxy groups -OCH3 is 1. The quantitative estimate of drug-likeness (QED) is 0.682. The van der Waals surface area contributed by atoms with Crippen LogP contribution in [0, 0.1) is 0 Å². The van der Waals surface area contributed by atoms with Gasteiger partial charge in [-0.25, -0.2) is 4.79 Å². The Morgan fingerprint density at radius 1 is 1.19 bits per heavy atom. The second kappa shape index (κ2) is 5.44. The lowest BCUT2D eigenvalue weighted by Crippen LogP contribution is -2.41. The van der Waals surface area contributed by atoms with Crippen LogP contribution >= 0.6 is 0 Å². The van der Waals surface area contributed by atoms with E-state index < -0.39 is 30.2 Å². The molecule has 5 nitrogen and oxygen atoms in total. The summed E-state index contributed by atoms with van der Waals surface area (Å²) < 4.78 is 16.7. The van der Waals surface area contributed by atoms with E-state index in [9.17, 15) is 4.79 Å². The predicted octanol–water partition coefficient (Wildman–Crippen LogP) is 2.10. The van der Waals surface area contributed by atoms with E-state index >= 15 is 0 Å². The zero-order chi connectivity index (χ0) is 15.8. The van der Waals surface area contributed by atoms with Crippen LogP contribution in [-0.4, -0.2) is 31.4 Å². The molecule has 1 atom stereocenters. The monoisotopic (exact) mass is 291 g/mol. The van der Waals surface area contributed by atoms with Crippen LogP contribution in [0.3, 0.4) is 0 Å². The standard InChI is InChI=1S/C15H22BNO4/c1-14(2)15(3,4)21-16(20-14)12(17)10-8-6-7-9-11(10)13(18)19-5/h6-9,12H,17H2,1-5H3/t12-/m0/s1. The lowest BCUT2D eigenvalue weighted by molar-refractivity contribution is 0.00578. The fraction of sp³-hybridized carbons (Fsp3) is 0.533. The molecule has 1 aromatic rings. The molecule has 0 spiro atoms. The van der Waals surface area contributed by atoms with Crippen LogP contribution in [-0.2, 0) is 14.0 Å². The molecule has 1 aliphatic rings. The maximum atomic E-state index is 11.8. The van der Waals surface area contributed by atoms with Crippen molar-refractivity contribution in [3.63, 3.8) is 0 Å². The van der Waals surface area contributed by atoms with Gasteiger partial charge in [-0.2, -0.15) is 0 Å². The summed E-state index contributed by atoms with van der Waals surface area (Å²) in [7, 11) is 0.736. The van der Waals surface area contributed by atoms with Gasteiger partial charge in [-0.3, -0.25) is 0 Å². The third kappa shape index (κ3) is 2.84. The van der Waals surface area contributed by atoms with Gasteiger partial charge in [0, 0.05) is 0 Å². The minimum absolute atomic E-state index is 0.419. The molecule has 1 fully saturated rings. The lowest BCUT2D eigenvalue weighted by Gasteiger charge is -2.32. The molecule has 1 heterocycles. The Labute approximate surface area is 125 Å². The van der Waals surface area contributed by atoms with Crippen LogP contribution in [0.2, 0.25) is 0 Å². The van der Waals surface area contributed by atoms with Crippen molar-refractivity contribution in [2.75, 3.05) is 7.11 Å². The predicted molar refractivity (Wildman–Crippen MR) is 80.8 cm³/mol. The lowest BCUT2D eigenvalue weighted by atomic mass is 9.73. The Hall–Kier alpha value is -1.37. The molecule has 1 aromatic carbocycles. The van der Waals surface area contributed by atoms with Crippen molar-refractivity contribution in [3.05, 3.63) is 35.4 Å². The summed E-state index contributed by atoms with van der Waals surface area (Å²) in [4.78, 5) is 11.8. The maximum absolute atomic E-state index is 11.8. The van der Waals surface area contributed by atoms with E-state index in [-0.39, 0.29) is 0 Å². The number of esters is 1. The van der Waals surface area contributed by atoms with Crippen LogP contribution < -0.4 is 5.73 Å². The van der Waals surface area contributed by atoms with E-state index in [1.807, 2.05) is 33.8 Å². The normalized spacial score (nSPS) is 21.1. The van der Waals surface area contributed by atoms with Gasteiger partial charge in [0.15, 0.2) is 0 Å². The molecule has 0 radical (unpaired) electrons. The second-order valence-corrected chi connectivity index (χ2v) is 6.23. The average molecular weight is 291 g/mol. The third-order valence-electron chi connectivity index (χ3n) is 4.29. The highest BCUT2D eigenvalue weighted by molar-refractivity contribution is 6.47. The number of nitrogens with two attached hydrogens (primary N) is 1. The first kappa shape index (κ1) is 16.0. The van der Waals surface area contributed by atoms with Gasteiger partial charge >= 0.3 is 13.1 Å². The fourth-order valence-electron chi connectivity index (χ4n) is 2.27.